The van der Waals surface area contributed by atoms with Gasteiger partial charge in [0.2, 0.25) is 0 Å². The molecular formula is C13H17F3N2O. The zero-order valence-corrected chi connectivity index (χ0v) is 10.9. The summed E-state index contributed by atoms with van der Waals surface area (Å²) in [5, 5.41) is 3.16. The maximum Gasteiger partial charge on any atom is 0.417 e. The van der Waals surface area contributed by atoms with Crippen molar-refractivity contribution >= 4 is 5.82 Å². The second kappa shape index (κ2) is 5.00. The van der Waals surface area contributed by atoms with Gasteiger partial charge >= 0.3 is 6.18 Å². The van der Waals surface area contributed by atoms with E-state index in [1.165, 1.54) is 6.07 Å². The zero-order chi connectivity index (χ0) is 14.1. The first-order valence-corrected chi connectivity index (χ1v) is 6.20. The predicted octanol–water partition coefficient (Wildman–Crippen LogP) is 3.47. The van der Waals surface area contributed by atoms with E-state index < -0.39 is 11.7 Å². The Morgan fingerprint density at radius 3 is 2.63 bits per heavy atom. The molecule has 0 amide bonds. The van der Waals surface area contributed by atoms with Gasteiger partial charge < -0.3 is 10.1 Å². The summed E-state index contributed by atoms with van der Waals surface area (Å²) < 4.78 is 42.8. The van der Waals surface area contributed by atoms with Crippen LogP contribution >= 0.6 is 0 Å². The Bertz CT molecular complexity index is 429. The summed E-state index contributed by atoms with van der Waals surface area (Å²) in [6.45, 7) is 4.65. The van der Waals surface area contributed by atoms with Gasteiger partial charge in [-0.3, -0.25) is 0 Å². The third-order valence-electron chi connectivity index (χ3n) is 3.14. The van der Waals surface area contributed by atoms with Gasteiger partial charge in [0.25, 0.3) is 0 Å². The van der Waals surface area contributed by atoms with E-state index in [4.69, 9.17) is 4.74 Å². The van der Waals surface area contributed by atoms with Gasteiger partial charge in [0.05, 0.1) is 11.2 Å². The third-order valence-corrected chi connectivity index (χ3v) is 3.14. The largest absolute Gasteiger partial charge is 0.417 e. The second-order valence-corrected chi connectivity index (χ2v) is 5.37. The van der Waals surface area contributed by atoms with Crippen molar-refractivity contribution in [3.05, 3.63) is 23.9 Å². The van der Waals surface area contributed by atoms with Gasteiger partial charge in [-0.05, 0) is 38.8 Å². The SMILES string of the molecule is CC1(C)CC(Nc2ccc(C(F)(F)F)cn2)CCO1. The van der Waals surface area contributed by atoms with Gasteiger partial charge in [-0.2, -0.15) is 13.2 Å². The first kappa shape index (κ1) is 14.1. The fourth-order valence-corrected chi connectivity index (χ4v) is 2.21. The van der Waals surface area contributed by atoms with E-state index in [0.29, 0.717) is 12.4 Å². The van der Waals surface area contributed by atoms with Crippen LogP contribution in [0.4, 0.5) is 19.0 Å². The van der Waals surface area contributed by atoms with Crippen molar-refractivity contribution in [1.82, 2.24) is 4.98 Å². The lowest BCUT2D eigenvalue weighted by Gasteiger charge is -2.36. The summed E-state index contributed by atoms with van der Waals surface area (Å²) in [5.74, 6) is 0.468. The smallest absolute Gasteiger partial charge is 0.375 e. The van der Waals surface area contributed by atoms with E-state index in [-0.39, 0.29) is 11.6 Å². The van der Waals surface area contributed by atoms with Gasteiger partial charge in [-0.15, -0.1) is 0 Å². The lowest BCUT2D eigenvalue weighted by Crippen LogP contribution is -2.40. The molecule has 1 saturated heterocycles. The first-order chi connectivity index (χ1) is 8.76. The number of rotatable bonds is 2. The van der Waals surface area contributed by atoms with Crippen LogP contribution in [0.3, 0.4) is 0 Å². The van der Waals surface area contributed by atoms with E-state index in [0.717, 1.165) is 25.1 Å². The Labute approximate surface area is 110 Å². The molecule has 0 aromatic carbocycles. The number of anilines is 1. The summed E-state index contributed by atoms with van der Waals surface area (Å²) in [7, 11) is 0. The molecule has 1 N–H and O–H groups in total. The molecule has 2 rings (SSSR count). The first-order valence-electron chi connectivity index (χ1n) is 6.20. The molecule has 3 nitrogen and oxygen atoms in total. The molecule has 0 saturated carbocycles. The van der Waals surface area contributed by atoms with Crippen LogP contribution in [0.1, 0.15) is 32.3 Å². The number of alkyl halides is 3. The Kier molecular flexibility index (Phi) is 3.71. The normalized spacial score (nSPS) is 23.1. The molecule has 0 radical (unpaired) electrons. The lowest BCUT2D eigenvalue weighted by molar-refractivity contribution is -0.137. The minimum atomic E-state index is -4.34. The van der Waals surface area contributed by atoms with Crippen molar-refractivity contribution in [2.24, 2.45) is 0 Å². The third kappa shape index (κ3) is 3.83. The summed E-state index contributed by atoms with van der Waals surface area (Å²) in [6.07, 6.45) is -1.86. The Hall–Kier alpha value is -1.30. The number of nitrogens with one attached hydrogen (secondary N) is 1. The fourth-order valence-electron chi connectivity index (χ4n) is 2.21. The molecular weight excluding hydrogens is 257 g/mol. The Morgan fingerprint density at radius 1 is 1.37 bits per heavy atom. The molecule has 1 fully saturated rings. The molecule has 1 unspecified atom stereocenters. The van der Waals surface area contributed by atoms with Gasteiger partial charge in [0, 0.05) is 18.8 Å². The standard InChI is InChI=1S/C13H17F3N2O/c1-12(2)7-10(5-6-19-12)18-11-4-3-9(8-17-11)13(14,15)16/h3-4,8,10H,5-7H2,1-2H3,(H,17,18). The Morgan fingerprint density at radius 2 is 2.11 bits per heavy atom. The van der Waals surface area contributed by atoms with Crippen molar-refractivity contribution in [3.63, 3.8) is 0 Å². The maximum absolute atomic E-state index is 12.4. The van der Waals surface area contributed by atoms with Gasteiger partial charge in [-0.25, -0.2) is 4.98 Å². The number of pyridine rings is 1. The van der Waals surface area contributed by atoms with Gasteiger partial charge in [0.15, 0.2) is 0 Å². The highest BCUT2D eigenvalue weighted by Crippen LogP contribution is 2.30. The van der Waals surface area contributed by atoms with Crippen LogP contribution < -0.4 is 5.32 Å². The number of aromatic nitrogens is 1. The van der Waals surface area contributed by atoms with Crippen molar-refractivity contribution < 1.29 is 17.9 Å². The van der Waals surface area contributed by atoms with E-state index in [1.54, 1.807) is 0 Å². The average molecular weight is 274 g/mol. The highest BCUT2D eigenvalue weighted by molar-refractivity contribution is 5.37. The summed E-state index contributed by atoms with van der Waals surface area (Å²) in [4.78, 5) is 3.82. The number of halogens is 3. The highest BCUT2D eigenvalue weighted by Gasteiger charge is 2.31. The number of hydrogen-bond acceptors (Lipinski definition) is 3. The van der Waals surface area contributed by atoms with Crippen LogP contribution in [-0.2, 0) is 10.9 Å². The van der Waals surface area contributed by atoms with Crippen LogP contribution in [-0.4, -0.2) is 23.2 Å². The molecule has 6 heteroatoms. The van der Waals surface area contributed by atoms with Crippen molar-refractivity contribution in [3.8, 4) is 0 Å². The predicted molar refractivity (Wildman–Crippen MR) is 65.9 cm³/mol. The monoisotopic (exact) mass is 274 g/mol. The molecule has 1 aromatic heterocycles. The molecule has 1 aliphatic heterocycles. The van der Waals surface area contributed by atoms with Gasteiger partial charge in [0.1, 0.15) is 5.82 Å². The highest BCUT2D eigenvalue weighted by atomic mass is 19.4. The van der Waals surface area contributed by atoms with Crippen LogP contribution in [0, 0.1) is 0 Å². The molecule has 1 aliphatic rings. The maximum atomic E-state index is 12.4. The van der Waals surface area contributed by atoms with Crippen molar-refractivity contribution in [2.75, 3.05) is 11.9 Å². The molecule has 0 spiro atoms. The van der Waals surface area contributed by atoms with Crippen molar-refractivity contribution in [1.29, 1.82) is 0 Å². The molecule has 0 aliphatic carbocycles. The van der Waals surface area contributed by atoms with Crippen LogP contribution in [0.15, 0.2) is 18.3 Å². The second-order valence-electron chi connectivity index (χ2n) is 5.37. The van der Waals surface area contributed by atoms with Crippen LogP contribution in [0.5, 0.6) is 0 Å². The summed E-state index contributed by atoms with van der Waals surface area (Å²) in [6, 6.07) is 2.58. The lowest BCUT2D eigenvalue weighted by atomic mass is 9.94. The molecule has 106 valence electrons. The number of hydrogen-bond donors (Lipinski definition) is 1. The van der Waals surface area contributed by atoms with E-state index in [1.807, 2.05) is 13.8 Å². The minimum Gasteiger partial charge on any atom is -0.375 e. The molecule has 19 heavy (non-hydrogen) atoms. The minimum absolute atomic E-state index is 0.174. The molecule has 2 heterocycles. The molecule has 0 bridgehead atoms. The van der Waals surface area contributed by atoms with Crippen LogP contribution in [0.25, 0.3) is 0 Å². The molecule has 1 atom stereocenters. The van der Waals surface area contributed by atoms with Crippen molar-refractivity contribution in [2.45, 2.75) is 44.5 Å². The zero-order valence-electron chi connectivity index (χ0n) is 10.9. The Balaban J connectivity index is 2.00. The van der Waals surface area contributed by atoms with Gasteiger partial charge in [-0.1, -0.05) is 0 Å². The fraction of sp³-hybridized carbons (Fsp3) is 0.615. The quantitative estimate of drug-likeness (QED) is 0.896. The van der Waals surface area contributed by atoms with E-state index in [9.17, 15) is 13.2 Å². The van der Waals surface area contributed by atoms with E-state index in [2.05, 4.69) is 10.3 Å². The topological polar surface area (TPSA) is 34.2 Å². The number of nitrogens with zero attached hydrogens (tertiary/aromatic N) is 1. The number of ether oxygens (including phenoxy) is 1. The summed E-state index contributed by atoms with van der Waals surface area (Å²) >= 11 is 0. The average Bonchev–Trinajstić information content (AvgIpc) is 2.27. The summed E-state index contributed by atoms with van der Waals surface area (Å²) in [5.41, 5.74) is -0.938. The van der Waals surface area contributed by atoms with Crippen LogP contribution in [0.2, 0.25) is 0 Å². The molecule has 1 aromatic rings. The van der Waals surface area contributed by atoms with E-state index >= 15 is 0 Å².